The van der Waals surface area contributed by atoms with E-state index < -0.39 is 23.9 Å². The van der Waals surface area contributed by atoms with Gasteiger partial charge in [-0.3, -0.25) is 4.79 Å². The Hall–Kier alpha value is -1.79. The maximum Gasteiger partial charge on any atom is 0.326 e. The van der Waals surface area contributed by atoms with Gasteiger partial charge in [-0.15, -0.1) is 0 Å². The summed E-state index contributed by atoms with van der Waals surface area (Å²) in [5, 5.41) is 14.2. The van der Waals surface area contributed by atoms with Crippen LogP contribution in [-0.2, 0) is 9.59 Å². The molecule has 1 fully saturated rings. The van der Waals surface area contributed by atoms with Gasteiger partial charge in [-0.05, 0) is 32.1 Å². The molecular weight excluding hydrogens is 274 g/mol. The lowest BCUT2D eigenvalue weighted by Gasteiger charge is -2.28. The molecule has 7 nitrogen and oxygen atoms in total. The normalized spacial score (nSPS) is 18.5. The Labute approximate surface area is 124 Å². The van der Waals surface area contributed by atoms with E-state index in [-0.39, 0.29) is 18.9 Å². The third-order valence-electron chi connectivity index (χ3n) is 4.00. The molecule has 1 saturated carbocycles. The summed E-state index contributed by atoms with van der Waals surface area (Å²) < 4.78 is 0. The van der Waals surface area contributed by atoms with E-state index in [4.69, 9.17) is 10.8 Å². The van der Waals surface area contributed by atoms with E-state index in [9.17, 15) is 14.4 Å². The molecule has 1 aliphatic carbocycles. The summed E-state index contributed by atoms with van der Waals surface area (Å²) in [5.41, 5.74) is 4.99. The Morgan fingerprint density at radius 3 is 2.33 bits per heavy atom. The molecule has 7 heteroatoms. The molecule has 5 N–H and O–H groups in total. The van der Waals surface area contributed by atoms with Crippen molar-refractivity contribution in [1.82, 2.24) is 10.6 Å². The molecule has 1 unspecified atom stereocenters. The molecule has 0 aliphatic heterocycles. The van der Waals surface area contributed by atoms with Crippen LogP contribution >= 0.6 is 0 Å². The predicted molar refractivity (Wildman–Crippen MR) is 77.6 cm³/mol. The number of rotatable bonds is 7. The Morgan fingerprint density at radius 1 is 1.19 bits per heavy atom. The Balaban J connectivity index is 2.41. The number of aliphatic carboxylic acids is 1. The van der Waals surface area contributed by atoms with Crippen LogP contribution in [0.1, 0.15) is 51.9 Å². The molecule has 0 saturated heterocycles. The number of primary amides is 1. The van der Waals surface area contributed by atoms with Crippen molar-refractivity contribution in [2.24, 2.45) is 11.7 Å². The second kappa shape index (κ2) is 8.49. The fraction of sp³-hybridized carbons (Fsp3) is 0.786. The van der Waals surface area contributed by atoms with E-state index in [1.807, 2.05) is 6.92 Å². The van der Waals surface area contributed by atoms with Gasteiger partial charge in [-0.1, -0.05) is 19.3 Å². The summed E-state index contributed by atoms with van der Waals surface area (Å²) in [6.45, 7) is 1.94. The second-order valence-electron chi connectivity index (χ2n) is 5.70. The zero-order chi connectivity index (χ0) is 15.8. The summed E-state index contributed by atoms with van der Waals surface area (Å²) in [5.74, 6) is -1.31. The van der Waals surface area contributed by atoms with Crippen molar-refractivity contribution < 1.29 is 19.5 Å². The second-order valence-corrected chi connectivity index (χ2v) is 5.70. The Bertz CT molecular complexity index is 380. The number of amides is 3. The highest BCUT2D eigenvalue weighted by molar-refractivity contribution is 5.83. The van der Waals surface area contributed by atoms with Crippen molar-refractivity contribution in [3.8, 4) is 0 Å². The number of carboxylic acids is 1. The molecule has 1 aliphatic rings. The number of nitrogens with two attached hydrogens (primary N) is 1. The van der Waals surface area contributed by atoms with E-state index in [0.29, 0.717) is 5.92 Å². The van der Waals surface area contributed by atoms with E-state index in [0.717, 1.165) is 12.8 Å². The smallest absolute Gasteiger partial charge is 0.326 e. The number of urea groups is 1. The predicted octanol–water partition coefficient (Wildman–Crippen LogP) is 0.973. The van der Waals surface area contributed by atoms with Crippen LogP contribution in [0.25, 0.3) is 0 Å². The molecule has 0 aromatic carbocycles. The molecule has 0 radical (unpaired) electrons. The highest BCUT2D eigenvalue weighted by atomic mass is 16.4. The SMILES string of the molecule is CC(NC(=O)N[C@@H](CCC(N)=O)C(=O)O)C1CCCCC1. The number of carboxylic acid groups (broad SMARTS) is 1. The van der Waals surface area contributed by atoms with Gasteiger partial charge in [0.15, 0.2) is 0 Å². The fourth-order valence-corrected chi connectivity index (χ4v) is 2.70. The van der Waals surface area contributed by atoms with Gasteiger partial charge < -0.3 is 21.5 Å². The number of nitrogens with one attached hydrogen (secondary N) is 2. The van der Waals surface area contributed by atoms with Crippen LogP contribution in [-0.4, -0.2) is 35.1 Å². The van der Waals surface area contributed by atoms with Crippen LogP contribution in [0.3, 0.4) is 0 Å². The fourth-order valence-electron chi connectivity index (χ4n) is 2.70. The third-order valence-corrected chi connectivity index (χ3v) is 4.00. The van der Waals surface area contributed by atoms with E-state index >= 15 is 0 Å². The third kappa shape index (κ3) is 6.46. The van der Waals surface area contributed by atoms with Crippen LogP contribution in [0.2, 0.25) is 0 Å². The molecule has 0 heterocycles. The lowest BCUT2D eigenvalue weighted by molar-refractivity contribution is -0.139. The van der Waals surface area contributed by atoms with Crippen LogP contribution in [0.5, 0.6) is 0 Å². The van der Waals surface area contributed by atoms with Crippen molar-refractivity contribution in [2.45, 2.75) is 64.0 Å². The van der Waals surface area contributed by atoms with Crippen LogP contribution in [0.4, 0.5) is 4.79 Å². The zero-order valence-corrected chi connectivity index (χ0v) is 12.4. The minimum atomic E-state index is -1.17. The highest BCUT2D eigenvalue weighted by Crippen LogP contribution is 2.26. The number of carbonyl (C=O) groups is 3. The molecule has 0 spiro atoms. The number of hydrogen-bond acceptors (Lipinski definition) is 3. The first-order chi connectivity index (χ1) is 9.90. The van der Waals surface area contributed by atoms with Gasteiger partial charge in [0.05, 0.1) is 0 Å². The molecule has 0 aromatic heterocycles. The molecule has 2 atom stereocenters. The maximum absolute atomic E-state index is 11.9. The average molecular weight is 299 g/mol. The molecular formula is C14H25N3O4. The molecule has 0 bridgehead atoms. The Kier molecular flexibility index (Phi) is 6.98. The average Bonchev–Trinajstić information content (AvgIpc) is 2.43. The number of hydrogen-bond donors (Lipinski definition) is 4. The van der Waals surface area contributed by atoms with Crippen molar-refractivity contribution in [3.63, 3.8) is 0 Å². The topological polar surface area (TPSA) is 122 Å². The first kappa shape index (κ1) is 17.3. The summed E-state index contributed by atoms with van der Waals surface area (Å²) in [4.78, 5) is 33.6. The summed E-state index contributed by atoms with van der Waals surface area (Å²) in [7, 11) is 0. The van der Waals surface area contributed by atoms with Gasteiger partial charge in [0.25, 0.3) is 0 Å². The lowest BCUT2D eigenvalue weighted by Crippen LogP contribution is -2.50. The quantitative estimate of drug-likeness (QED) is 0.559. The van der Waals surface area contributed by atoms with E-state index in [1.54, 1.807) is 0 Å². The first-order valence-corrected chi connectivity index (χ1v) is 7.48. The van der Waals surface area contributed by atoms with Crippen LogP contribution in [0.15, 0.2) is 0 Å². The molecule has 120 valence electrons. The standard InChI is InChI=1S/C14H25N3O4/c1-9(10-5-3-2-4-6-10)16-14(21)17-11(13(19)20)7-8-12(15)18/h9-11H,2-8H2,1H3,(H2,15,18)(H,19,20)(H2,16,17,21)/t9?,11-/m0/s1. The van der Waals surface area contributed by atoms with Gasteiger partial charge >= 0.3 is 12.0 Å². The summed E-state index contributed by atoms with van der Waals surface area (Å²) in [6.07, 6.45) is 5.69. The minimum Gasteiger partial charge on any atom is -0.480 e. The first-order valence-electron chi connectivity index (χ1n) is 7.48. The van der Waals surface area contributed by atoms with Crippen molar-refractivity contribution in [3.05, 3.63) is 0 Å². The molecule has 0 aromatic rings. The van der Waals surface area contributed by atoms with Crippen molar-refractivity contribution in [2.75, 3.05) is 0 Å². The van der Waals surface area contributed by atoms with E-state index in [1.165, 1.54) is 19.3 Å². The van der Waals surface area contributed by atoms with Crippen LogP contribution < -0.4 is 16.4 Å². The molecule has 3 amide bonds. The lowest BCUT2D eigenvalue weighted by atomic mass is 9.85. The minimum absolute atomic E-state index is 0.00407. The molecule has 1 rings (SSSR count). The van der Waals surface area contributed by atoms with Crippen molar-refractivity contribution in [1.29, 1.82) is 0 Å². The maximum atomic E-state index is 11.9. The number of carbonyl (C=O) groups excluding carboxylic acids is 2. The monoisotopic (exact) mass is 299 g/mol. The van der Waals surface area contributed by atoms with Crippen molar-refractivity contribution >= 4 is 17.9 Å². The summed E-state index contributed by atoms with van der Waals surface area (Å²) >= 11 is 0. The van der Waals surface area contributed by atoms with Gasteiger partial charge in [-0.2, -0.15) is 0 Å². The van der Waals surface area contributed by atoms with Gasteiger partial charge in [0, 0.05) is 12.5 Å². The van der Waals surface area contributed by atoms with Gasteiger partial charge in [0.2, 0.25) is 5.91 Å². The molecule has 21 heavy (non-hydrogen) atoms. The van der Waals surface area contributed by atoms with Gasteiger partial charge in [0.1, 0.15) is 6.04 Å². The van der Waals surface area contributed by atoms with E-state index in [2.05, 4.69) is 10.6 Å². The van der Waals surface area contributed by atoms with Gasteiger partial charge in [-0.25, -0.2) is 9.59 Å². The Morgan fingerprint density at radius 2 is 1.81 bits per heavy atom. The highest BCUT2D eigenvalue weighted by Gasteiger charge is 2.24. The van der Waals surface area contributed by atoms with Crippen LogP contribution in [0, 0.1) is 5.92 Å². The zero-order valence-electron chi connectivity index (χ0n) is 12.4. The summed E-state index contributed by atoms with van der Waals surface area (Å²) in [6, 6.07) is -1.60. The largest absolute Gasteiger partial charge is 0.480 e.